The van der Waals surface area contributed by atoms with Gasteiger partial charge in [0, 0.05) is 29.9 Å². The van der Waals surface area contributed by atoms with Gasteiger partial charge < -0.3 is 10.2 Å². The number of carbonyl (C=O) groups is 2. The quantitative estimate of drug-likeness (QED) is 0.142. The highest BCUT2D eigenvalue weighted by Gasteiger charge is 2.24. The van der Waals surface area contributed by atoms with Crippen LogP contribution in [0.4, 0.5) is 5.69 Å². The van der Waals surface area contributed by atoms with Gasteiger partial charge in [-0.2, -0.15) is 0 Å². The Morgan fingerprint density at radius 2 is 1.71 bits per heavy atom. The molecule has 0 saturated carbocycles. The third kappa shape index (κ3) is 7.25. The van der Waals surface area contributed by atoms with E-state index in [9.17, 15) is 18.0 Å². The molecule has 0 aliphatic rings. The Kier molecular flexibility index (Phi) is 9.35. The minimum Gasteiger partial charge on any atom is -0.344 e. The van der Waals surface area contributed by atoms with Gasteiger partial charge in [-0.1, -0.05) is 62.4 Å². The van der Waals surface area contributed by atoms with Gasteiger partial charge in [-0.05, 0) is 41.3 Å². The summed E-state index contributed by atoms with van der Waals surface area (Å²) >= 11 is 0. The number of carbonyl (C=O) groups excluding carboxylic acids is 2. The first-order chi connectivity index (χ1) is 18.0. The molecule has 0 atom stereocenters. The molecule has 0 heterocycles. The molecule has 3 aromatic rings. The van der Waals surface area contributed by atoms with Gasteiger partial charge in [-0.15, -0.1) is 0 Å². The van der Waals surface area contributed by atoms with E-state index in [0.717, 1.165) is 0 Å². The standard InChI is InChI=1S/C27H31N5O5S/c1-18(2)17-32(22-13-11-20(12-14-22)23-9-4-5-10-24(23)38(29,35)36)27(34)26(33)30-16-19-7-6-8-21(15-19)25(28)31-37-3/h4-15,18H,16-17H2,1-3H3,(H2,28,31)(H,30,33)(H2,29,35,36). The molecule has 0 aliphatic heterocycles. The Morgan fingerprint density at radius 1 is 1.03 bits per heavy atom. The molecule has 0 aromatic heterocycles. The smallest absolute Gasteiger partial charge is 0.316 e. The highest BCUT2D eigenvalue weighted by atomic mass is 32.2. The SMILES string of the molecule is CONC(=N)c1cccc(CNC(=O)C(=O)N(CC(C)C)c2ccc(-c3ccccc3S(N)(=O)=O)cc2)c1. The van der Waals surface area contributed by atoms with Gasteiger partial charge in [0.1, 0.15) is 5.84 Å². The Morgan fingerprint density at radius 3 is 2.34 bits per heavy atom. The first-order valence-corrected chi connectivity index (χ1v) is 13.3. The average Bonchev–Trinajstić information content (AvgIpc) is 2.90. The second-order valence-corrected chi connectivity index (χ2v) is 10.5. The fourth-order valence-electron chi connectivity index (χ4n) is 3.82. The molecule has 0 unspecified atom stereocenters. The second kappa shape index (κ2) is 12.5. The number of anilines is 1. The highest BCUT2D eigenvalue weighted by molar-refractivity contribution is 7.89. The summed E-state index contributed by atoms with van der Waals surface area (Å²) in [6, 6.07) is 20.1. The van der Waals surface area contributed by atoms with Crippen LogP contribution in [0.3, 0.4) is 0 Å². The van der Waals surface area contributed by atoms with Crippen molar-refractivity contribution in [3.63, 3.8) is 0 Å². The second-order valence-electron chi connectivity index (χ2n) is 8.96. The van der Waals surface area contributed by atoms with E-state index in [2.05, 4.69) is 10.8 Å². The van der Waals surface area contributed by atoms with Crippen LogP contribution in [0.2, 0.25) is 0 Å². The van der Waals surface area contributed by atoms with Gasteiger partial charge in [-0.25, -0.2) is 19.0 Å². The topological polar surface area (TPSA) is 155 Å². The molecule has 2 amide bonds. The molecule has 200 valence electrons. The van der Waals surface area contributed by atoms with Crippen molar-refractivity contribution in [2.75, 3.05) is 18.6 Å². The molecule has 0 saturated heterocycles. The van der Waals surface area contributed by atoms with Crippen LogP contribution in [0, 0.1) is 11.3 Å². The summed E-state index contributed by atoms with van der Waals surface area (Å²) in [5.74, 6) is -1.35. The summed E-state index contributed by atoms with van der Waals surface area (Å²) in [5.41, 5.74) is 5.26. The van der Waals surface area contributed by atoms with E-state index >= 15 is 0 Å². The number of hydrogen-bond donors (Lipinski definition) is 4. The molecule has 3 rings (SSSR count). The molecule has 3 aromatic carbocycles. The number of nitrogens with one attached hydrogen (secondary N) is 3. The molecular weight excluding hydrogens is 506 g/mol. The van der Waals surface area contributed by atoms with Crippen LogP contribution < -0.4 is 20.8 Å². The largest absolute Gasteiger partial charge is 0.344 e. The van der Waals surface area contributed by atoms with Crippen LogP contribution in [-0.4, -0.2) is 39.7 Å². The van der Waals surface area contributed by atoms with Crippen molar-refractivity contribution in [1.29, 1.82) is 5.41 Å². The number of rotatable bonds is 9. The molecule has 0 spiro atoms. The van der Waals surface area contributed by atoms with Crippen LogP contribution in [0.15, 0.2) is 77.7 Å². The molecule has 10 nitrogen and oxygen atoms in total. The number of nitrogens with zero attached hydrogens (tertiary/aromatic N) is 1. The molecule has 0 bridgehead atoms. The van der Waals surface area contributed by atoms with Crippen molar-refractivity contribution in [2.45, 2.75) is 25.3 Å². The molecule has 11 heteroatoms. The van der Waals surface area contributed by atoms with E-state index in [1.807, 2.05) is 13.8 Å². The number of primary sulfonamides is 1. The zero-order chi connectivity index (χ0) is 27.9. The molecule has 38 heavy (non-hydrogen) atoms. The number of benzene rings is 3. The zero-order valence-electron chi connectivity index (χ0n) is 21.4. The summed E-state index contributed by atoms with van der Waals surface area (Å²) in [4.78, 5) is 32.1. The minimum absolute atomic E-state index is 0.000510. The fourth-order valence-corrected chi connectivity index (χ4v) is 4.58. The molecule has 0 fully saturated rings. The molecule has 5 N–H and O–H groups in total. The third-order valence-corrected chi connectivity index (χ3v) is 6.51. The lowest BCUT2D eigenvalue weighted by Crippen LogP contribution is -2.44. The minimum atomic E-state index is -3.93. The van der Waals surface area contributed by atoms with E-state index in [1.54, 1.807) is 66.7 Å². The number of amides is 2. The van der Waals surface area contributed by atoms with Crippen molar-refractivity contribution in [2.24, 2.45) is 11.1 Å². The normalized spacial score (nSPS) is 11.2. The van der Waals surface area contributed by atoms with Gasteiger partial charge in [0.05, 0.1) is 12.0 Å². The molecule has 0 aliphatic carbocycles. The number of hydrogen-bond acceptors (Lipinski definition) is 6. The third-order valence-electron chi connectivity index (χ3n) is 5.54. The van der Waals surface area contributed by atoms with Crippen LogP contribution in [0.5, 0.6) is 0 Å². The van der Waals surface area contributed by atoms with Crippen molar-refractivity contribution >= 4 is 33.4 Å². The van der Waals surface area contributed by atoms with Gasteiger partial charge in [0.15, 0.2) is 0 Å². The number of nitrogens with two attached hydrogens (primary N) is 1. The predicted octanol–water partition coefficient (Wildman–Crippen LogP) is 2.78. The number of hydroxylamine groups is 1. The van der Waals surface area contributed by atoms with Gasteiger partial charge in [0.2, 0.25) is 10.0 Å². The predicted molar refractivity (Wildman–Crippen MR) is 146 cm³/mol. The summed E-state index contributed by atoms with van der Waals surface area (Å²) in [5, 5.41) is 15.9. The fraction of sp³-hybridized carbons (Fsp3) is 0.222. The Labute approximate surface area is 222 Å². The van der Waals surface area contributed by atoms with Crippen LogP contribution in [0.25, 0.3) is 11.1 Å². The van der Waals surface area contributed by atoms with E-state index < -0.39 is 21.8 Å². The number of amidine groups is 1. The summed E-state index contributed by atoms with van der Waals surface area (Å²) in [7, 11) is -2.52. The van der Waals surface area contributed by atoms with E-state index in [0.29, 0.717) is 34.5 Å². The van der Waals surface area contributed by atoms with Gasteiger partial charge in [-0.3, -0.25) is 19.8 Å². The lowest BCUT2D eigenvalue weighted by Gasteiger charge is -2.24. The van der Waals surface area contributed by atoms with Crippen LogP contribution in [0.1, 0.15) is 25.0 Å². The maximum Gasteiger partial charge on any atom is 0.316 e. The zero-order valence-corrected chi connectivity index (χ0v) is 22.2. The summed E-state index contributed by atoms with van der Waals surface area (Å²) < 4.78 is 24.0. The van der Waals surface area contributed by atoms with Crippen LogP contribution >= 0.6 is 0 Å². The highest BCUT2D eigenvalue weighted by Crippen LogP contribution is 2.28. The van der Waals surface area contributed by atoms with E-state index in [1.165, 1.54) is 18.1 Å². The molecular formula is C27H31N5O5S. The summed E-state index contributed by atoms with van der Waals surface area (Å²) in [6.07, 6.45) is 0. The first-order valence-electron chi connectivity index (χ1n) is 11.8. The lowest BCUT2D eigenvalue weighted by atomic mass is 10.0. The summed E-state index contributed by atoms with van der Waals surface area (Å²) in [6.45, 7) is 4.26. The Hall–Kier alpha value is -4.06. The molecule has 0 radical (unpaired) electrons. The average molecular weight is 538 g/mol. The van der Waals surface area contributed by atoms with Crippen molar-refractivity contribution in [3.05, 3.63) is 83.9 Å². The Balaban J connectivity index is 1.78. The van der Waals surface area contributed by atoms with Crippen molar-refractivity contribution in [3.8, 4) is 11.1 Å². The van der Waals surface area contributed by atoms with E-state index in [4.69, 9.17) is 15.4 Å². The van der Waals surface area contributed by atoms with E-state index in [-0.39, 0.29) is 23.2 Å². The van der Waals surface area contributed by atoms with Gasteiger partial charge in [0.25, 0.3) is 0 Å². The lowest BCUT2D eigenvalue weighted by molar-refractivity contribution is -0.137. The Bertz CT molecular complexity index is 1420. The van der Waals surface area contributed by atoms with Crippen molar-refractivity contribution < 1.29 is 22.8 Å². The monoisotopic (exact) mass is 537 g/mol. The number of sulfonamides is 1. The maximum absolute atomic E-state index is 13.2. The van der Waals surface area contributed by atoms with Crippen LogP contribution in [-0.2, 0) is 31.0 Å². The van der Waals surface area contributed by atoms with Crippen molar-refractivity contribution in [1.82, 2.24) is 10.8 Å². The van der Waals surface area contributed by atoms with Gasteiger partial charge >= 0.3 is 11.8 Å². The first kappa shape index (κ1) is 28.5. The maximum atomic E-state index is 13.2.